The molecular weight excluding hydrogens is 246 g/mol. The summed E-state index contributed by atoms with van der Waals surface area (Å²) in [5.74, 6) is 0.686. The standard InChI is InChI=1S/C10H14BrNO2/c11-8-4-3-5-9(12)10(8)14-7-2-1-6-13/h3-5,13H,1-2,6-7,12H2. The number of rotatable bonds is 5. The van der Waals surface area contributed by atoms with Gasteiger partial charge in [0.25, 0.3) is 0 Å². The molecule has 0 bridgehead atoms. The van der Waals surface area contributed by atoms with Crippen LogP contribution in [0.1, 0.15) is 12.8 Å². The van der Waals surface area contributed by atoms with E-state index in [1.165, 1.54) is 0 Å². The van der Waals surface area contributed by atoms with Crippen molar-refractivity contribution in [2.24, 2.45) is 0 Å². The van der Waals surface area contributed by atoms with E-state index >= 15 is 0 Å². The van der Waals surface area contributed by atoms with Gasteiger partial charge in [0.05, 0.1) is 16.8 Å². The van der Waals surface area contributed by atoms with Crippen LogP contribution in [0.4, 0.5) is 5.69 Å². The minimum absolute atomic E-state index is 0.203. The first kappa shape index (κ1) is 11.3. The number of para-hydroxylation sites is 1. The number of halogens is 1. The predicted octanol–water partition coefficient (Wildman–Crippen LogP) is 2.18. The van der Waals surface area contributed by atoms with Crippen LogP contribution in [-0.4, -0.2) is 18.3 Å². The summed E-state index contributed by atoms with van der Waals surface area (Å²) < 4.78 is 6.35. The van der Waals surface area contributed by atoms with E-state index in [-0.39, 0.29) is 6.61 Å². The van der Waals surface area contributed by atoms with Gasteiger partial charge in [0, 0.05) is 6.61 Å². The van der Waals surface area contributed by atoms with Crippen molar-refractivity contribution in [3.8, 4) is 5.75 Å². The summed E-state index contributed by atoms with van der Waals surface area (Å²) in [6, 6.07) is 5.55. The Bertz CT molecular complexity index is 271. The van der Waals surface area contributed by atoms with E-state index in [0.29, 0.717) is 18.0 Å². The van der Waals surface area contributed by atoms with Crippen molar-refractivity contribution in [3.05, 3.63) is 22.7 Å². The summed E-state index contributed by atoms with van der Waals surface area (Å²) in [5.41, 5.74) is 6.36. The van der Waals surface area contributed by atoms with Crippen LogP contribution in [0.25, 0.3) is 0 Å². The SMILES string of the molecule is Nc1cccc(Br)c1OCCCCO. The number of hydrogen-bond acceptors (Lipinski definition) is 3. The minimum Gasteiger partial charge on any atom is -0.490 e. The summed E-state index contributed by atoms with van der Waals surface area (Å²) in [6.45, 7) is 0.780. The maximum atomic E-state index is 8.58. The lowest BCUT2D eigenvalue weighted by Gasteiger charge is -2.09. The molecule has 0 spiro atoms. The van der Waals surface area contributed by atoms with Crippen LogP contribution >= 0.6 is 15.9 Å². The summed E-state index contributed by atoms with van der Waals surface area (Å²) in [5, 5.41) is 8.58. The second-order valence-corrected chi connectivity index (χ2v) is 3.79. The molecule has 0 amide bonds. The molecule has 0 heterocycles. The topological polar surface area (TPSA) is 55.5 Å². The van der Waals surface area contributed by atoms with Crippen molar-refractivity contribution in [2.75, 3.05) is 18.9 Å². The lowest BCUT2D eigenvalue weighted by atomic mass is 10.3. The molecule has 0 unspecified atom stereocenters. The van der Waals surface area contributed by atoms with Crippen LogP contribution in [0.15, 0.2) is 22.7 Å². The molecule has 0 aliphatic carbocycles. The maximum absolute atomic E-state index is 8.58. The molecule has 0 aromatic heterocycles. The van der Waals surface area contributed by atoms with E-state index in [1.807, 2.05) is 12.1 Å². The first-order valence-electron chi connectivity index (χ1n) is 4.53. The highest BCUT2D eigenvalue weighted by Crippen LogP contribution is 2.30. The molecule has 3 nitrogen and oxygen atoms in total. The molecule has 0 aliphatic heterocycles. The Hall–Kier alpha value is -0.740. The molecular formula is C10H14BrNO2. The smallest absolute Gasteiger partial charge is 0.156 e. The van der Waals surface area contributed by atoms with Crippen molar-refractivity contribution in [3.63, 3.8) is 0 Å². The van der Waals surface area contributed by atoms with Gasteiger partial charge in [-0.25, -0.2) is 0 Å². The normalized spacial score (nSPS) is 10.1. The Morgan fingerprint density at radius 1 is 1.36 bits per heavy atom. The molecule has 14 heavy (non-hydrogen) atoms. The number of hydrogen-bond donors (Lipinski definition) is 2. The third kappa shape index (κ3) is 3.20. The molecule has 1 aromatic carbocycles. The molecule has 0 aliphatic rings. The molecule has 0 fully saturated rings. The minimum atomic E-state index is 0.203. The highest BCUT2D eigenvalue weighted by Gasteiger charge is 2.04. The van der Waals surface area contributed by atoms with Gasteiger partial charge in [0.1, 0.15) is 0 Å². The van der Waals surface area contributed by atoms with E-state index in [2.05, 4.69) is 15.9 Å². The zero-order valence-electron chi connectivity index (χ0n) is 7.87. The number of aliphatic hydroxyl groups is 1. The first-order valence-corrected chi connectivity index (χ1v) is 5.32. The van der Waals surface area contributed by atoms with Crippen molar-refractivity contribution >= 4 is 21.6 Å². The summed E-state index contributed by atoms with van der Waals surface area (Å²) >= 11 is 3.36. The van der Waals surface area contributed by atoms with Gasteiger partial charge in [-0.15, -0.1) is 0 Å². The fourth-order valence-electron chi connectivity index (χ4n) is 1.07. The summed E-state index contributed by atoms with van der Waals surface area (Å²) in [7, 11) is 0. The molecule has 0 saturated heterocycles. The van der Waals surface area contributed by atoms with E-state index in [1.54, 1.807) is 6.07 Å². The number of anilines is 1. The number of aliphatic hydroxyl groups excluding tert-OH is 1. The van der Waals surface area contributed by atoms with Crippen LogP contribution in [-0.2, 0) is 0 Å². The highest BCUT2D eigenvalue weighted by atomic mass is 79.9. The van der Waals surface area contributed by atoms with Crippen molar-refractivity contribution in [1.82, 2.24) is 0 Å². The number of nitrogens with two attached hydrogens (primary N) is 1. The molecule has 1 aromatic rings. The van der Waals surface area contributed by atoms with Gasteiger partial charge in [-0.05, 0) is 40.9 Å². The van der Waals surface area contributed by atoms with Gasteiger partial charge in [-0.3, -0.25) is 0 Å². The lowest BCUT2D eigenvalue weighted by Crippen LogP contribution is -2.01. The fourth-order valence-corrected chi connectivity index (χ4v) is 1.56. The second-order valence-electron chi connectivity index (χ2n) is 2.94. The number of benzene rings is 1. The number of nitrogen functional groups attached to an aromatic ring is 1. The van der Waals surface area contributed by atoms with Crippen molar-refractivity contribution in [2.45, 2.75) is 12.8 Å². The molecule has 0 saturated carbocycles. The Morgan fingerprint density at radius 2 is 2.14 bits per heavy atom. The van der Waals surface area contributed by atoms with E-state index < -0.39 is 0 Å². The van der Waals surface area contributed by atoms with Gasteiger partial charge in [0.2, 0.25) is 0 Å². The quantitative estimate of drug-likeness (QED) is 0.630. The zero-order chi connectivity index (χ0) is 10.4. The van der Waals surface area contributed by atoms with Crippen molar-refractivity contribution in [1.29, 1.82) is 0 Å². The lowest BCUT2D eigenvalue weighted by molar-refractivity contribution is 0.253. The van der Waals surface area contributed by atoms with Crippen LogP contribution in [0, 0.1) is 0 Å². The van der Waals surface area contributed by atoms with E-state index in [4.69, 9.17) is 15.6 Å². The zero-order valence-corrected chi connectivity index (χ0v) is 9.46. The Morgan fingerprint density at radius 3 is 2.79 bits per heavy atom. The largest absolute Gasteiger partial charge is 0.490 e. The third-order valence-electron chi connectivity index (χ3n) is 1.80. The second kappa shape index (κ2) is 5.88. The summed E-state index contributed by atoms with van der Waals surface area (Å²) in [6.07, 6.45) is 1.58. The molecule has 4 heteroatoms. The van der Waals surface area contributed by atoms with Crippen LogP contribution < -0.4 is 10.5 Å². The number of ether oxygens (including phenoxy) is 1. The molecule has 78 valence electrons. The van der Waals surface area contributed by atoms with Gasteiger partial charge >= 0.3 is 0 Å². The average Bonchev–Trinajstić information content (AvgIpc) is 2.16. The Kier molecular flexibility index (Phi) is 4.76. The molecule has 1 rings (SSSR count). The van der Waals surface area contributed by atoms with Crippen LogP contribution in [0.2, 0.25) is 0 Å². The predicted molar refractivity (Wildman–Crippen MR) is 60.4 cm³/mol. The van der Waals surface area contributed by atoms with Gasteiger partial charge in [-0.1, -0.05) is 6.07 Å². The monoisotopic (exact) mass is 259 g/mol. The molecule has 0 radical (unpaired) electrons. The van der Waals surface area contributed by atoms with Crippen LogP contribution in [0.3, 0.4) is 0 Å². The fraction of sp³-hybridized carbons (Fsp3) is 0.400. The van der Waals surface area contributed by atoms with Crippen LogP contribution in [0.5, 0.6) is 5.75 Å². The third-order valence-corrected chi connectivity index (χ3v) is 2.42. The average molecular weight is 260 g/mol. The van der Waals surface area contributed by atoms with Crippen molar-refractivity contribution < 1.29 is 9.84 Å². The number of unbranched alkanes of at least 4 members (excludes halogenated alkanes) is 1. The van der Waals surface area contributed by atoms with Gasteiger partial charge < -0.3 is 15.6 Å². The maximum Gasteiger partial charge on any atom is 0.156 e. The molecule has 3 N–H and O–H groups in total. The summed E-state index contributed by atoms with van der Waals surface area (Å²) in [4.78, 5) is 0. The van der Waals surface area contributed by atoms with E-state index in [0.717, 1.165) is 17.3 Å². The Labute approximate surface area is 92.0 Å². The Balaban J connectivity index is 2.49. The first-order chi connectivity index (χ1) is 6.75. The highest BCUT2D eigenvalue weighted by molar-refractivity contribution is 9.10. The van der Waals surface area contributed by atoms with Gasteiger partial charge in [-0.2, -0.15) is 0 Å². The van der Waals surface area contributed by atoms with Gasteiger partial charge in [0.15, 0.2) is 5.75 Å². The van der Waals surface area contributed by atoms with E-state index in [9.17, 15) is 0 Å². The molecule has 0 atom stereocenters.